The quantitative estimate of drug-likeness (QED) is 0.363. The second kappa shape index (κ2) is 5.47. The molecule has 0 aliphatic carbocycles. The molecule has 0 aromatic carbocycles. The van der Waals surface area contributed by atoms with Crippen molar-refractivity contribution in [3.05, 3.63) is 11.2 Å². The van der Waals surface area contributed by atoms with Gasteiger partial charge in [0.05, 0.1) is 11.2 Å². The molecule has 1 aromatic rings. The number of hydrogen-bond acceptors (Lipinski definition) is 5. The molecular weight excluding hydrogens is 318 g/mol. The zero-order chi connectivity index (χ0) is 15.8. The minimum absolute atomic E-state index is 0.0171. The largest absolute Gasteiger partial charge is 0.409 e. The number of hydrogen-bond donors (Lipinski definition) is 2. The molecule has 0 unspecified atom stereocenters. The molecule has 0 spiro atoms. The van der Waals surface area contributed by atoms with Gasteiger partial charge in [0.15, 0.2) is 5.03 Å². The molecule has 1 aromatic heterocycles. The number of nitrogens with two attached hydrogens (primary N) is 1. The molecular formula is C11H18ClN5O3S. The summed E-state index contributed by atoms with van der Waals surface area (Å²) in [6.45, 7) is 2.40. The van der Waals surface area contributed by atoms with Crippen LogP contribution in [-0.4, -0.2) is 46.6 Å². The van der Waals surface area contributed by atoms with E-state index in [2.05, 4.69) is 10.3 Å². The van der Waals surface area contributed by atoms with Gasteiger partial charge in [0, 0.05) is 25.6 Å². The average molecular weight is 336 g/mol. The molecule has 1 saturated heterocycles. The van der Waals surface area contributed by atoms with Crippen molar-refractivity contribution in [3.63, 3.8) is 0 Å². The van der Waals surface area contributed by atoms with E-state index in [0.717, 1.165) is 0 Å². The van der Waals surface area contributed by atoms with E-state index in [1.807, 2.05) is 6.92 Å². The first-order valence-corrected chi connectivity index (χ1v) is 8.20. The van der Waals surface area contributed by atoms with Gasteiger partial charge < -0.3 is 10.9 Å². The van der Waals surface area contributed by atoms with Gasteiger partial charge in [-0.1, -0.05) is 23.7 Å². The van der Waals surface area contributed by atoms with Crippen molar-refractivity contribution in [1.29, 1.82) is 0 Å². The maximum Gasteiger partial charge on any atom is 0.261 e. The van der Waals surface area contributed by atoms with Crippen molar-refractivity contribution in [2.45, 2.75) is 24.8 Å². The fourth-order valence-corrected chi connectivity index (χ4v) is 4.46. The number of aryl methyl sites for hydroxylation is 1. The van der Waals surface area contributed by atoms with Crippen LogP contribution in [0.2, 0.25) is 5.02 Å². The van der Waals surface area contributed by atoms with Crippen molar-refractivity contribution < 1.29 is 13.6 Å². The van der Waals surface area contributed by atoms with Crippen LogP contribution >= 0.6 is 11.6 Å². The van der Waals surface area contributed by atoms with Gasteiger partial charge in [-0.2, -0.15) is 9.40 Å². The Hall–Kier alpha value is -1.32. The van der Waals surface area contributed by atoms with Crippen molar-refractivity contribution in [3.8, 4) is 0 Å². The summed E-state index contributed by atoms with van der Waals surface area (Å²) in [5.41, 5.74) is 5.17. The molecule has 1 fully saturated rings. The maximum atomic E-state index is 12.6. The first kappa shape index (κ1) is 16.1. The van der Waals surface area contributed by atoms with Crippen molar-refractivity contribution in [2.75, 3.05) is 13.1 Å². The Balaban J connectivity index is 2.23. The van der Waals surface area contributed by atoms with E-state index in [0.29, 0.717) is 12.8 Å². The normalized spacial score (nSPS) is 20.6. The van der Waals surface area contributed by atoms with E-state index < -0.39 is 15.4 Å². The Bertz CT molecular complexity index is 642. The van der Waals surface area contributed by atoms with Crippen LogP contribution in [0.25, 0.3) is 0 Å². The highest BCUT2D eigenvalue weighted by Gasteiger charge is 2.39. The highest BCUT2D eigenvalue weighted by Crippen LogP contribution is 2.34. The minimum atomic E-state index is -3.70. The third-order valence-corrected chi connectivity index (χ3v) is 6.39. The van der Waals surface area contributed by atoms with E-state index in [9.17, 15) is 8.42 Å². The second-order valence-corrected chi connectivity index (χ2v) is 7.63. The summed E-state index contributed by atoms with van der Waals surface area (Å²) in [6, 6.07) is 0. The number of halogens is 1. The number of rotatable bonds is 3. The van der Waals surface area contributed by atoms with Crippen LogP contribution in [0.3, 0.4) is 0 Å². The molecule has 0 saturated carbocycles. The van der Waals surface area contributed by atoms with Crippen molar-refractivity contribution in [1.82, 2.24) is 14.1 Å². The van der Waals surface area contributed by atoms with Crippen LogP contribution in [0, 0.1) is 5.41 Å². The monoisotopic (exact) mass is 335 g/mol. The number of aromatic nitrogens is 2. The van der Waals surface area contributed by atoms with E-state index in [-0.39, 0.29) is 29.0 Å². The molecule has 0 bridgehead atoms. The number of nitrogens with zero attached hydrogens (tertiary/aromatic N) is 4. The predicted octanol–water partition coefficient (Wildman–Crippen LogP) is 0.611. The summed E-state index contributed by atoms with van der Waals surface area (Å²) in [4.78, 5) is 0. The van der Waals surface area contributed by atoms with Crippen molar-refractivity contribution in [2.24, 2.45) is 23.4 Å². The average Bonchev–Trinajstić information content (AvgIpc) is 2.78. The highest BCUT2D eigenvalue weighted by molar-refractivity contribution is 7.89. The number of amidine groups is 1. The molecule has 2 rings (SSSR count). The molecule has 118 valence electrons. The number of piperidine rings is 1. The fourth-order valence-electron chi connectivity index (χ4n) is 2.41. The number of oxime groups is 1. The zero-order valence-electron chi connectivity index (χ0n) is 11.8. The molecule has 8 nitrogen and oxygen atoms in total. The molecule has 3 N–H and O–H groups in total. The van der Waals surface area contributed by atoms with Crippen LogP contribution in [-0.2, 0) is 17.1 Å². The molecule has 21 heavy (non-hydrogen) atoms. The lowest BCUT2D eigenvalue weighted by Crippen LogP contribution is -2.47. The second-order valence-electron chi connectivity index (χ2n) is 5.37. The SMILES string of the molecule is Cn1ncc(Cl)c1S(=O)(=O)N1CCC(C)(C(N)=NO)CC1. The summed E-state index contributed by atoms with van der Waals surface area (Å²) < 4.78 is 27.8. The van der Waals surface area contributed by atoms with E-state index in [4.69, 9.17) is 22.5 Å². The fraction of sp³-hybridized carbons (Fsp3) is 0.636. The molecule has 2 heterocycles. The third-order valence-electron chi connectivity index (χ3n) is 3.98. The molecule has 0 atom stereocenters. The smallest absolute Gasteiger partial charge is 0.261 e. The standard InChI is InChI=1S/C11H18ClN5O3S/c1-11(10(13)15-18)3-5-17(6-4-11)21(19,20)9-8(12)7-14-16(9)2/h7,18H,3-6H2,1-2H3,(H2,13,15). The third kappa shape index (κ3) is 2.72. The van der Waals surface area contributed by atoms with Gasteiger partial charge in [0.25, 0.3) is 10.0 Å². The Kier molecular flexibility index (Phi) is 4.18. The van der Waals surface area contributed by atoms with Crippen LogP contribution in [0.5, 0.6) is 0 Å². The minimum Gasteiger partial charge on any atom is -0.409 e. The lowest BCUT2D eigenvalue weighted by atomic mass is 9.80. The van der Waals surface area contributed by atoms with Crippen LogP contribution in [0.1, 0.15) is 19.8 Å². The Labute approximate surface area is 128 Å². The van der Waals surface area contributed by atoms with Crippen molar-refractivity contribution >= 4 is 27.5 Å². The first-order valence-electron chi connectivity index (χ1n) is 6.38. The van der Waals surface area contributed by atoms with E-state index in [1.165, 1.54) is 22.2 Å². The van der Waals surface area contributed by atoms with Gasteiger partial charge in [-0.25, -0.2) is 8.42 Å². The van der Waals surface area contributed by atoms with E-state index in [1.54, 1.807) is 0 Å². The van der Waals surface area contributed by atoms with Gasteiger partial charge in [-0.05, 0) is 12.8 Å². The van der Waals surface area contributed by atoms with Crippen LogP contribution in [0.4, 0.5) is 0 Å². The summed E-state index contributed by atoms with van der Waals surface area (Å²) in [5.74, 6) is 0.123. The Morgan fingerprint density at radius 3 is 2.52 bits per heavy atom. The first-order chi connectivity index (χ1) is 9.72. The van der Waals surface area contributed by atoms with Gasteiger partial charge >= 0.3 is 0 Å². The summed E-state index contributed by atoms with van der Waals surface area (Å²) in [7, 11) is -2.17. The maximum absolute atomic E-state index is 12.6. The molecule has 0 radical (unpaired) electrons. The topological polar surface area (TPSA) is 114 Å². The summed E-state index contributed by atoms with van der Waals surface area (Å²) >= 11 is 5.92. The molecule has 1 aliphatic rings. The van der Waals surface area contributed by atoms with Gasteiger partial charge in [-0.3, -0.25) is 4.68 Å². The lowest BCUT2D eigenvalue weighted by Gasteiger charge is -2.37. The van der Waals surface area contributed by atoms with Crippen LogP contribution in [0.15, 0.2) is 16.4 Å². The zero-order valence-corrected chi connectivity index (χ0v) is 13.4. The van der Waals surface area contributed by atoms with Gasteiger partial charge in [-0.15, -0.1) is 0 Å². The molecule has 10 heteroatoms. The van der Waals surface area contributed by atoms with Crippen LogP contribution < -0.4 is 5.73 Å². The summed E-state index contributed by atoms with van der Waals surface area (Å²) in [5, 5.41) is 15.8. The Morgan fingerprint density at radius 2 is 2.10 bits per heavy atom. The molecule has 1 aliphatic heterocycles. The van der Waals surface area contributed by atoms with E-state index >= 15 is 0 Å². The lowest BCUT2D eigenvalue weighted by molar-refractivity contribution is 0.229. The number of sulfonamides is 1. The highest BCUT2D eigenvalue weighted by atomic mass is 35.5. The predicted molar refractivity (Wildman–Crippen MR) is 77.7 cm³/mol. The molecule has 0 amide bonds. The van der Waals surface area contributed by atoms with Gasteiger partial charge in [0.2, 0.25) is 0 Å². The Morgan fingerprint density at radius 1 is 1.52 bits per heavy atom. The summed E-state index contributed by atoms with van der Waals surface area (Å²) in [6.07, 6.45) is 2.24. The van der Waals surface area contributed by atoms with Gasteiger partial charge in [0.1, 0.15) is 5.84 Å².